The van der Waals surface area contributed by atoms with Gasteiger partial charge in [0.2, 0.25) is 29.5 Å². The van der Waals surface area contributed by atoms with Crippen LogP contribution in [0.5, 0.6) is 0 Å². The number of hydrogen-bond acceptors (Lipinski definition) is 10. The van der Waals surface area contributed by atoms with Crippen molar-refractivity contribution in [1.29, 1.82) is 0 Å². The monoisotopic (exact) mass is 935 g/mol. The van der Waals surface area contributed by atoms with Gasteiger partial charge in [0.1, 0.15) is 18.1 Å². The molecule has 1 aromatic carbocycles. The first kappa shape index (κ1) is 52.8. The number of likely N-dealkylation sites (N-methyl/N-ethyl adjacent to an activating group) is 1. The minimum absolute atomic E-state index is 0.0168. The Hall–Kier alpha value is -5.16. The fourth-order valence-electron chi connectivity index (χ4n) is 10.8. The van der Waals surface area contributed by atoms with E-state index in [1.807, 2.05) is 45.9 Å². The Balaban J connectivity index is 1.22. The molecule has 3 heterocycles. The summed E-state index contributed by atoms with van der Waals surface area (Å²) in [7, 11) is 4.68. The lowest BCUT2D eigenvalue weighted by molar-refractivity contribution is -0.149. The van der Waals surface area contributed by atoms with Gasteiger partial charge >= 0.3 is 5.97 Å². The molecule has 1 saturated carbocycles. The van der Waals surface area contributed by atoms with Crippen molar-refractivity contribution >= 4 is 47.3 Å². The predicted molar refractivity (Wildman–Crippen MR) is 249 cm³/mol. The number of amides is 7. The number of nitrogens with zero attached hydrogens (tertiary/aromatic N) is 4. The molecule has 5 rings (SSSR count). The van der Waals surface area contributed by atoms with E-state index in [0.717, 1.165) is 24.8 Å². The normalized spacial score (nSPS) is 23.2. The van der Waals surface area contributed by atoms with Crippen molar-refractivity contribution in [1.82, 2.24) is 30.2 Å². The molecular weight excluding hydrogens is 861 g/mol. The maximum absolute atomic E-state index is 14.7. The zero-order valence-electron chi connectivity index (χ0n) is 40.7. The minimum atomic E-state index is -1.16. The molecular formula is C50H74N6O11. The minimum Gasteiger partial charge on any atom is -0.480 e. The number of piperidine rings is 1. The van der Waals surface area contributed by atoms with Crippen molar-refractivity contribution < 1.29 is 52.9 Å². The Kier molecular flexibility index (Phi) is 19.1. The summed E-state index contributed by atoms with van der Waals surface area (Å²) in [4.78, 5) is 113. The molecule has 2 bridgehead atoms. The molecule has 11 atom stereocenters. The third kappa shape index (κ3) is 12.7. The highest BCUT2D eigenvalue weighted by molar-refractivity contribution is 6.12. The van der Waals surface area contributed by atoms with Crippen LogP contribution in [0.2, 0.25) is 0 Å². The van der Waals surface area contributed by atoms with Gasteiger partial charge in [-0.1, -0.05) is 77.8 Å². The van der Waals surface area contributed by atoms with Crippen molar-refractivity contribution in [2.24, 2.45) is 23.7 Å². The topological polar surface area (TPSA) is 212 Å². The van der Waals surface area contributed by atoms with Crippen LogP contribution >= 0.6 is 0 Å². The van der Waals surface area contributed by atoms with Crippen molar-refractivity contribution in [2.45, 2.75) is 160 Å². The fraction of sp³-hybridized carbons (Fsp3) is 0.680. The van der Waals surface area contributed by atoms with Gasteiger partial charge in [0.05, 0.1) is 36.6 Å². The zero-order chi connectivity index (χ0) is 49.1. The Morgan fingerprint density at radius 1 is 0.881 bits per heavy atom. The summed E-state index contributed by atoms with van der Waals surface area (Å²) in [6.07, 6.45) is 7.35. The van der Waals surface area contributed by atoms with E-state index in [2.05, 4.69) is 10.6 Å². The van der Waals surface area contributed by atoms with Gasteiger partial charge in [-0.15, -0.1) is 0 Å². The van der Waals surface area contributed by atoms with Crippen LogP contribution in [0, 0.1) is 23.7 Å². The molecule has 0 spiro atoms. The first-order chi connectivity index (χ1) is 31.9. The smallest absolute Gasteiger partial charge is 0.326 e. The van der Waals surface area contributed by atoms with Crippen LogP contribution in [-0.2, 0) is 54.3 Å². The van der Waals surface area contributed by atoms with Gasteiger partial charge in [-0.3, -0.25) is 38.5 Å². The third-order valence-corrected chi connectivity index (χ3v) is 14.7. The lowest BCUT2D eigenvalue weighted by Crippen LogP contribution is -2.60. The van der Waals surface area contributed by atoms with Gasteiger partial charge in [0.25, 0.3) is 11.8 Å². The number of aliphatic carboxylic acids is 1. The number of fused-ring (bicyclic) bond motifs is 2. The predicted octanol–water partition coefficient (Wildman–Crippen LogP) is 3.72. The van der Waals surface area contributed by atoms with Crippen molar-refractivity contribution in [3.05, 3.63) is 48.0 Å². The average molecular weight is 935 g/mol. The zero-order valence-corrected chi connectivity index (χ0v) is 40.7. The van der Waals surface area contributed by atoms with Crippen LogP contribution in [-0.4, -0.2) is 155 Å². The highest BCUT2D eigenvalue weighted by Crippen LogP contribution is 2.43. The number of carboxylic acids is 1. The lowest BCUT2D eigenvalue weighted by atomic mass is 9.89. The highest BCUT2D eigenvalue weighted by atomic mass is 16.5. The molecule has 3 aliphatic heterocycles. The van der Waals surface area contributed by atoms with Crippen LogP contribution in [0.3, 0.4) is 0 Å². The van der Waals surface area contributed by atoms with E-state index in [1.54, 1.807) is 40.8 Å². The summed E-state index contributed by atoms with van der Waals surface area (Å²) in [5.41, 5.74) is 0.767. The summed E-state index contributed by atoms with van der Waals surface area (Å²) >= 11 is 0. The SMILES string of the molecule is CC[C@H](C)[C@@H]([C@@H](CC(=O)N1CCCC1[C@H](OC)[C@@H](C)C(=O)NC(Cc1ccccc1)C(=O)O)OC)N(C)C(=O)C(NC(=O)[C@@H]1[C@H]2CC[C@H](C2)N1C(=O)CCCCCN1C(=O)C=CC1=O)C(C)C. The van der Waals surface area contributed by atoms with E-state index >= 15 is 0 Å². The van der Waals surface area contributed by atoms with Crippen LogP contribution in [0.1, 0.15) is 111 Å². The molecule has 4 aliphatic rings. The van der Waals surface area contributed by atoms with Gasteiger partial charge in [-0.25, -0.2) is 4.79 Å². The number of unbranched alkanes of at least 4 members (excludes halogenated alkanes) is 2. The van der Waals surface area contributed by atoms with Gasteiger partial charge in [0, 0.05) is 65.4 Å². The van der Waals surface area contributed by atoms with Crippen LogP contribution in [0.15, 0.2) is 42.5 Å². The molecule has 370 valence electrons. The van der Waals surface area contributed by atoms with Crippen molar-refractivity contribution in [2.75, 3.05) is 34.4 Å². The molecule has 3 fully saturated rings. The molecule has 3 N–H and O–H groups in total. The van der Waals surface area contributed by atoms with Crippen molar-refractivity contribution in [3.63, 3.8) is 0 Å². The summed E-state index contributed by atoms with van der Waals surface area (Å²) in [6.45, 7) is 10.1. The molecule has 2 saturated heterocycles. The number of imide groups is 1. The quantitative estimate of drug-likeness (QED) is 0.0950. The molecule has 17 heteroatoms. The molecule has 17 nitrogen and oxygen atoms in total. The first-order valence-corrected chi connectivity index (χ1v) is 24.3. The molecule has 3 unspecified atom stereocenters. The Morgan fingerprint density at radius 3 is 2.18 bits per heavy atom. The van der Waals surface area contributed by atoms with Gasteiger partial charge in [-0.05, 0) is 68.3 Å². The highest BCUT2D eigenvalue weighted by Gasteiger charge is 2.52. The number of likely N-dealkylation sites (tertiary alicyclic amines) is 2. The van der Waals surface area contributed by atoms with E-state index in [9.17, 15) is 43.5 Å². The molecule has 7 amide bonds. The molecule has 1 aliphatic carbocycles. The lowest BCUT2D eigenvalue weighted by Gasteiger charge is -2.41. The molecule has 1 aromatic rings. The number of carbonyl (C=O) groups is 8. The number of benzene rings is 1. The molecule has 0 radical (unpaired) electrons. The summed E-state index contributed by atoms with van der Waals surface area (Å²) in [6, 6.07) is 5.19. The van der Waals surface area contributed by atoms with Gasteiger partial charge in [0.15, 0.2) is 0 Å². The Bertz CT molecular complexity index is 1940. The Labute approximate surface area is 395 Å². The number of carbonyl (C=O) groups excluding carboxylic acids is 7. The largest absolute Gasteiger partial charge is 0.480 e. The fourth-order valence-corrected chi connectivity index (χ4v) is 10.8. The summed E-state index contributed by atoms with van der Waals surface area (Å²) < 4.78 is 12.0. The molecule has 0 aromatic heterocycles. The van der Waals surface area contributed by atoms with Gasteiger partial charge in [-0.2, -0.15) is 0 Å². The number of rotatable bonds is 25. The third-order valence-electron chi connectivity index (χ3n) is 14.7. The second-order valence-electron chi connectivity index (χ2n) is 19.4. The summed E-state index contributed by atoms with van der Waals surface area (Å²) in [5, 5.41) is 15.7. The number of nitrogens with one attached hydrogen (secondary N) is 2. The number of methoxy groups -OCH3 is 2. The molecule has 67 heavy (non-hydrogen) atoms. The average Bonchev–Trinajstić information content (AvgIpc) is 4.13. The first-order valence-electron chi connectivity index (χ1n) is 24.3. The number of ether oxygens (including phenoxy) is 2. The van der Waals surface area contributed by atoms with E-state index in [1.165, 1.54) is 31.3 Å². The second kappa shape index (κ2) is 24.2. The Morgan fingerprint density at radius 2 is 1.57 bits per heavy atom. The van der Waals surface area contributed by atoms with Crippen LogP contribution in [0.25, 0.3) is 0 Å². The van der Waals surface area contributed by atoms with Crippen LogP contribution in [0.4, 0.5) is 0 Å². The maximum Gasteiger partial charge on any atom is 0.326 e. The standard InChI is InChI=1S/C50H74N6O11/c1-9-31(4)44(38(66-7)29-42(60)54-26-16-19-37(54)46(67-8)32(5)47(61)51-36(50(64)65)27-33-17-12-10-13-18-33)53(6)49(63)43(30(2)3)52-48(62)45-34-21-22-35(28-34)56(45)41(59)20-14-11-15-25-55-39(57)23-24-40(55)58/h10,12-13,17-18,23-24,30-32,34-38,43-46H,9,11,14-16,19-22,25-29H2,1-8H3,(H,51,61)(H,52,62)(H,64,65)/t31-,32+,34-,35+,36?,37?,38+,43?,44-,45-,46+/m0/s1. The second-order valence-corrected chi connectivity index (χ2v) is 19.4. The number of hydrogen-bond donors (Lipinski definition) is 3. The van der Waals surface area contributed by atoms with E-state index in [4.69, 9.17) is 9.47 Å². The number of carboxylic acid groups (broad SMARTS) is 1. The van der Waals surface area contributed by atoms with Crippen molar-refractivity contribution in [3.8, 4) is 0 Å². The maximum atomic E-state index is 14.7. The summed E-state index contributed by atoms with van der Waals surface area (Å²) in [5.74, 6) is -4.59. The van der Waals surface area contributed by atoms with E-state index in [0.29, 0.717) is 51.6 Å². The van der Waals surface area contributed by atoms with Gasteiger partial charge < -0.3 is 39.9 Å². The van der Waals surface area contributed by atoms with E-state index < -0.39 is 60.2 Å². The van der Waals surface area contributed by atoms with E-state index in [-0.39, 0.29) is 78.5 Å². The van der Waals surface area contributed by atoms with Crippen LogP contribution < -0.4 is 10.6 Å².